The van der Waals surface area contributed by atoms with Crippen molar-refractivity contribution in [1.29, 1.82) is 0 Å². The fraction of sp³-hybridized carbons (Fsp3) is 0.692. The number of esters is 1. The summed E-state index contributed by atoms with van der Waals surface area (Å²) in [4.78, 5) is 22.0. The maximum Gasteiger partial charge on any atom is 0.308 e. The lowest BCUT2D eigenvalue weighted by molar-refractivity contribution is -0.164. The van der Waals surface area contributed by atoms with Crippen LogP contribution in [-0.2, 0) is 19.1 Å². The predicted molar refractivity (Wildman–Crippen MR) is 67.0 cm³/mol. The maximum atomic E-state index is 11.2. The van der Waals surface area contributed by atoms with E-state index in [1.807, 2.05) is 6.92 Å². The first-order valence-electron chi connectivity index (χ1n) is 6.25. The van der Waals surface area contributed by atoms with Gasteiger partial charge in [-0.25, -0.2) is 0 Å². The van der Waals surface area contributed by atoms with Crippen molar-refractivity contribution in [3.05, 3.63) is 12.7 Å². The third kappa shape index (κ3) is 5.31. The van der Waals surface area contributed by atoms with E-state index in [4.69, 9.17) is 9.47 Å². The normalized spacial score (nSPS) is 23.3. The number of carbonyl (C=O) groups is 2. The van der Waals surface area contributed by atoms with Gasteiger partial charge < -0.3 is 14.8 Å². The quantitative estimate of drug-likeness (QED) is 0.421. The zero-order valence-electron chi connectivity index (χ0n) is 10.9. The Morgan fingerprint density at radius 2 is 2.39 bits per heavy atom. The van der Waals surface area contributed by atoms with E-state index in [1.165, 1.54) is 6.08 Å². The second-order valence-corrected chi connectivity index (χ2v) is 4.65. The van der Waals surface area contributed by atoms with Gasteiger partial charge in [-0.2, -0.15) is 0 Å². The first-order valence-corrected chi connectivity index (χ1v) is 6.25. The molecule has 1 aliphatic heterocycles. The van der Waals surface area contributed by atoms with Crippen LogP contribution >= 0.6 is 0 Å². The van der Waals surface area contributed by atoms with Crippen molar-refractivity contribution >= 4 is 11.9 Å². The van der Waals surface area contributed by atoms with Crippen LogP contribution in [0.25, 0.3) is 0 Å². The largest absolute Gasteiger partial charge is 0.465 e. The number of hydrogen-bond acceptors (Lipinski definition) is 4. The molecule has 0 aromatic carbocycles. The minimum absolute atomic E-state index is 0.155. The van der Waals surface area contributed by atoms with E-state index < -0.39 is 0 Å². The number of carbonyl (C=O) groups excluding carboxylic acids is 2. The van der Waals surface area contributed by atoms with Crippen LogP contribution in [-0.4, -0.2) is 37.2 Å². The highest BCUT2D eigenvalue weighted by Crippen LogP contribution is 2.25. The molecule has 0 bridgehead atoms. The van der Waals surface area contributed by atoms with Crippen LogP contribution in [0.3, 0.4) is 0 Å². The molecule has 0 radical (unpaired) electrons. The lowest BCUT2D eigenvalue weighted by Gasteiger charge is -2.32. The number of cyclic esters (lactones) is 1. The Hall–Kier alpha value is -1.36. The van der Waals surface area contributed by atoms with Crippen LogP contribution in [0, 0.1) is 0 Å². The van der Waals surface area contributed by atoms with E-state index >= 15 is 0 Å². The first kappa shape index (κ1) is 14.7. The monoisotopic (exact) mass is 255 g/mol. The summed E-state index contributed by atoms with van der Waals surface area (Å²) in [5.41, 5.74) is -0.389. The third-order valence-corrected chi connectivity index (χ3v) is 2.92. The number of nitrogens with one attached hydrogen (secondary N) is 1. The minimum Gasteiger partial charge on any atom is -0.465 e. The van der Waals surface area contributed by atoms with Crippen molar-refractivity contribution in [2.75, 3.05) is 19.8 Å². The van der Waals surface area contributed by atoms with Crippen molar-refractivity contribution in [1.82, 2.24) is 5.32 Å². The Bertz CT molecular complexity index is 316. The molecular weight excluding hydrogens is 234 g/mol. The Morgan fingerprint density at radius 1 is 1.61 bits per heavy atom. The summed E-state index contributed by atoms with van der Waals surface area (Å²) in [6.45, 7) is 6.95. The van der Waals surface area contributed by atoms with Crippen LogP contribution in [0.5, 0.6) is 0 Å². The fourth-order valence-electron chi connectivity index (χ4n) is 1.78. The summed E-state index contributed by atoms with van der Waals surface area (Å²) in [6.07, 6.45) is 4.01. The summed E-state index contributed by atoms with van der Waals surface area (Å²) in [7, 11) is 0. The first-order chi connectivity index (χ1) is 8.56. The summed E-state index contributed by atoms with van der Waals surface area (Å²) in [6, 6.07) is 0. The predicted octanol–water partition coefficient (Wildman–Crippen LogP) is 1.18. The average Bonchev–Trinajstić information content (AvgIpc) is 2.32. The maximum absolute atomic E-state index is 11.2. The zero-order valence-corrected chi connectivity index (χ0v) is 10.9. The molecule has 1 amide bonds. The van der Waals surface area contributed by atoms with Gasteiger partial charge in [0.1, 0.15) is 0 Å². The Labute approximate surface area is 108 Å². The van der Waals surface area contributed by atoms with Gasteiger partial charge in [-0.15, -0.1) is 0 Å². The summed E-state index contributed by atoms with van der Waals surface area (Å²) in [5.74, 6) is -0.347. The van der Waals surface area contributed by atoms with Crippen molar-refractivity contribution in [3.8, 4) is 0 Å². The second-order valence-electron chi connectivity index (χ2n) is 4.65. The van der Waals surface area contributed by atoms with Crippen LogP contribution in [0.15, 0.2) is 12.7 Å². The molecule has 1 rings (SSSR count). The van der Waals surface area contributed by atoms with Crippen LogP contribution in [0.4, 0.5) is 0 Å². The molecule has 1 aliphatic rings. The Kier molecular flexibility index (Phi) is 5.85. The molecule has 0 saturated carbocycles. The van der Waals surface area contributed by atoms with Crippen LogP contribution in [0.2, 0.25) is 0 Å². The lowest BCUT2D eigenvalue weighted by Crippen LogP contribution is -2.38. The van der Waals surface area contributed by atoms with Crippen molar-refractivity contribution in [3.63, 3.8) is 0 Å². The van der Waals surface area contributed by atoms with Crippen molar-refractivity contribution in [2.45, 2.75) is 38.2 Å². The number of ether oxygens (including phenoxy) is 2. The summed E-state index contributed by atoms with van der Waals surface area (Å²) in [5, 5.41) is 2.70. The number of rotatable bonds is 7. The topological polar surface area (TPSA) is 64.6 Å². The smallest absolute Gasteiger partial charge is 0.308 e. The van der Waals surface area contributed by atoms with Gasteiger partial charge in [-0.1, -0.05) is 6.58 Å². The second kappa shape index (κ2) is 7.16. The van der Waals surface area contributed by atoms with Crippen LogP contribution < -0.4 is 5.32 Å². The number of hydrogen-bond donors (Lipinski definition) is 1. The SMILES string of the molecule is C=CC(=O)NCCCCOC1(C)CCOC(=O)C1. The molecule has 1 N–H and O–H groups in total. The number of amides is 1. The molecule has 5 nitrogen and oxygen atoms in total. The van der Waals surface area contributed by atoms with E-state index in [0.717, 1.165) is 19.3 Å². The summed E-state index contributed by atoms with van der Waals surface area (Å²) < 4.78 is 10.6. The molecule has 1 heterocycles. The molecule has 1 fully saturated rings. The molecule has 5 heteroatoms. The van der Waals surface area contributed by atoms with Gasteiger partial charge in [-0.05, 0) is 25.8 Å². The van der Waals surface area contributed by atoms with E-state index in [1.54, 1.807) is 0 Å². The highest BCUT2D eigenvalue weighted by Gasteiger charge is 2.33. The molecule has 0 spiro atoms. The van der Waals surface area contributed by atoms with Gasteiger partial charge in [0, 0.05) is 19.6 Å². The Morgan fingerprint density at radius 3 is 3.06 bits per heavy atom. The van der Waals surface area contributed by atoms with Crippen molar-refractivity contribution < 1.29 is 19.1 Å². The third-order valence-electron chi connectivity index (χ3n) is 2.92. The molecule has 0 aliphatic carbocycles. The van der Waals surface area contributed by atoms with Gasteiger partial charge in [0.15, 0.2) is 0 Å². The molecule has 0 aromatic rings. The minimum atomic E-state index is -0.389. The van der Waals surface area contributed by atoms with Gasteiger partial charge in [0.2, 0.25) is 5.91 Å². The molecule has 1 unspecified atom stereocenters. The number of unbranched alkanes of at least 4 members (excludes halogenated alkanes) is 1. The van der Waals surface area contributed by atoms with E-state index in [2.05, 4.69) is 11.9 Å². The van der Waals surface area contributed by atoms with E-state index in [-0.39, 0.29) is 17.5 Å². The highest BCUT2D eigenvalue weighted by molar-refractivity contribution is 5.86. The van der Waals surface area contributed by atoms with Crippen molar-refractivity contribution in [2.24, 2.45) is 0 Å². The van der Waals surface area contributed by atoms with E-state index in [9.17, 15) is 9.59 Å². The summed E-state index contributed by atoms with van der Waals surface area (Å²) >= 11 is 0. The molecule has 0 aromatic heterocycles. The van der Waals surface area contributed by atoms with Crippen LogP contribution in [0.1, 0.15) is 32.6 Å². The molecule has 1 saturated heterocycles. The fourth-order valence-corrected chi connectivity index (χ4v) is 1.78. The molecular formula is C13H21NO4. The standard InChI is InChI=1S/C13H21NO4/c1-3-11(15)14-7-4-5-8-18-13(2)6-9-17-12(16)10-13/h3H,1,4-10H2,2H3,(H,14,15). The molecule has 18 heavy (non-hydrogen) atoms. The molecule has 102 valence electrons. The zero-order chi connectivity index (χ0) is 13.4. The van der Waals surface area contributed by atoms with Gasteiger partial charge >= 0.3 is 5.97 Å². The average molecular weight is 255 g/mol. The van der Waals surface area contributed by atoms with E-state index in [0.29, 0.717) is 26.2 Å². The lowest BCUT2D eigenvalue weighted by atomic mass is 9.96. The highest BCUT2D eigenvalue weighted by atomic mass is 16.5. The Balaban J connectivity index is 2.08. The van der Waals surface area contributed by atoms with Gasteiger partial charge in [-0.3, -0.25) is 9.59 Å². The van der Waals surface area contributed by atoms with Gasteiger partial charge in [0.25, 0.3) is 0 Å². The molecule has 1 atom stereocenters. The van der Waals surface area contributed by atoms with Gasteiger partial charge in [0.05, 0.1) is 18.6 Å².